The second kappa shape index (κ2) is 354. The van der Waals surface area contributed by atoms with Gasteiger partial charge in [-0.05, 0) is 6.92 Å². The highest BCUT2D eigenvalue weighted by Crippen LogP contribution is 1.38. The molecule has 0 unspecified atom stereocenters. The summed E-state index contributed by atoms with van der Waals surface area (Å²) in [5, 5.41) is 0. The summed E-state index contributed by atoms with van der Waals surface area (Å²) in [6.45, 7) is 9.25. The predicted molar refractivity (Wildman–Crippen MR) is 46.4 cm³/mol. The third-order valence-corrected chi connectivity index (χ3v) is 0. The van der Waals surface area contributed by atoms with E-state index in [1.807, 2.05) is 20.8 Å². The average Bonchev–Trinajstić information content (AvgIpc) is 1.46. The van der Waals surface area contributed by atoms with Gasteiger partial charge in [0.15, 0.2) is 0 Å². The average molecular weight is 115 g/mol. The molecular weight excluding hydrogens is 94.9 g/mol. The molecule has 1 heteroatoms. The minimum atomic E-state index is 0. The van der Waals surface area contributed by atoms with Crippen LogP contribution in [0.2, 0.25) is 0 Å². The van der Waals surface area contributed by atoms with E-state index in [0.717, 1.165) is 0 Å². The van der Waals surface area contributed by atoms with Gasteiger partial charge in [-0.15, -0.1) is 6.58 Å². The summed E-state index contributed by atoms with van der Waals surface area (Å²) in [4.78, 5) is 0. The van der Waals surface area contributed by atoms with Gasteiger partial charge >= 0.3 is 0 Å². The molecule has 0 aliphatic carbocycles. The first kappa shape index (κ1) is 45.9. The lowest BCUT2D eigenvalue weighted by Gasteiger charge is -1.31. The third kappa shape index (κ3) is 3520. The fourth-order valence-electron chi connectivity index (χ4n) is 0. The zero-order valence-electron chi connectivity index (χ0n) is 4.86. The zero-order valence-corrected chi connectivity index (χ0v) is 4.86. The van der Waals surface area contributed by atoms with Crippen LogP contribution in [0.5, 0.6) is 0 Å². The van der Waals surface area contributed by atoms with E-state index in [1.54, 1.807) is 6.08 Å². The summed E-state index contributed by atoms with van der Waals surface area (Å²) in [7, 11) is 0. The van der Waals surface area contributed by atoms with Crippen molar-refractivity contribution in [2.75, 3.05) is 0 Å². The van der Waals surface area contributed by atoms with Crippen LogP contribution in [0.25, 0.3) is 0 Å². The largest absolute Gasteiger partial charge is 0.103 e. The number of allylic oxidation sites excluding steroid dienone is 1. The Morgan fingerprint density at radius 2 is 1.12 bits per heavy atom. The fraction of sp³-hybridized carbons (Fsp3) is 0.714. The normalized spacial score (nSPS) is 2.38. The lowest BCUT2D eigenvalue weighted by atomic mass is 10.8. The van der Waals surface area contributed by atoms with Crippen LogP contribution in [-0.4, -0.2) is 8.41 Å². The molecule has 0 fully saturated rings. The summed E-state index contributed by atoms with van der Waals surface area (Å²) in [6, 6.07) is 0. The number of hydrogen-bond donors (Lipinski definition) is 0. The summed E-state index contributed by atoms with van der Waals surface area (Å²) in [5.41, 5.74) is 0. The molecule has 0 aliphatic rings. The van der Waals surface area contributed by atoms with E-state index in [-0.39, 0.29) is 23.3 Å². The minimum absolute atomic E-state index is 0. The van der Waals surface area contributed by atoms with Crippen molar-refractivity contribution < 1.29 is 0 Å². The number of hydrogen-bond acceptors (Lipinski definition) is 0. The van der Waals surface area contributed by atoms with Crippen LogP contribution < -0.4 is 0 Å². The van der Waals surface area contributed by atoms with Crippen LogP contribution in [0.15, 0.2) is 12.7 Å². The Morgan fingerprint density at radius 3 is 1.12 bits per heavy atom. The molecule has 0 aromatic carbocycles. The quantitative estimate of drug-likeness (QED) is 0.336. The van der Waals surface area contributed by atoms with Crippen LogP contribution in [0.1, 0.15) is 35.6 Å². The van der Waals surface area contributed by atoms with Gasteiger partial charge in [0.1, 0.15) is 0 Å². The lowest BCUT2D eigenvalue weighted by molar-refractivity contribution is 1.50. The molecule has 0 spiro atoms. The van der Waals surface area contributed by atoms with Crippen LogP contribution >= 0.6 is 0 Å². The lowest BCUT2D eigenvalue weighted by Crippen LogP contribution is -1.07. The maximum Gasteiger partial charge on any atom is 0 e. The van der Waals surface area contributed by atoms with E-state index in [2.05, 4.69) is 6.58 Å². The second-order valence-electron chi connectivity index (χ2n) is 0.408. The molecule has 0 heterocycles. The molecule has 0 N–H and O–H groups in total. The minimum Gasteiger partial charge on any atom is -0.103 e. The fourth-order valence-corrected chi connectivity index (χ4v) is 0. The summed E-state index contributed by atoms with van der Waals surface area (Å²) >= 11 is 0. The highest BCUT2D eigenvalue weighted by atomic mass is 13.2. The molecule has 0 saturated heterocycles. The van der Waals surface area contributed by atoms with Gasteiger partial charge in [-0.3, -0.25) is 0 Å². The Bertz CT molecular complexity index is 11.9. The summed E-state index contributed by atoms with van der Waals surface area (Å²) in [5.74, 6) is 0. The summed E-state index contributed by atoms with van der Waals surface area (Å²) < 4.78 is 0. The van der Waals surface area contributed by atoms with E-state index in [0.29, 0.717) is 0 Å². The van der Waals surface area contributed by atoms with Crippen molar-refractivity contribution in [1.29, 1.82) is 0 Å². The van der Waals surface area contributed by atoms with Crippen molar-refractivity contribution >= 4 is 8.41 Å². The van der Waals surface area contributed by atoms with Crippen molar-refractivity contribution in [2.45, 2.75) is 35.6 Å². The van der Waals surface area contributed by atoms with Gasteiger partial charge in [-0.1, -0.05) is 34.8 Å². The van der Waals surface area contributed by atoms with Gasteiger partial charge in [0.05, 0.1) is 0 Å². The molecule has 3 radical (unpaired) electrons. The molecular formula is C7H20B. The molecule has 51 valence electrons. The molecule has 8 heavy (non-hydrogen) atoms. The van der Waals surface area contributed by atoms with Crippen molar-refractivity contribution in [3.63, 3.8) is 0 Å². The molecule has 0 bridgehead atoms. The number of rotatable bonds is 0. The topological polar surface area (TPSA) is 0 Å². The Balaban J connectivity index is -0.00000000567. The maximum atomic E-state index is 3.36. The van der Waals surface area contributed by atoms with E-state index in [4.69, 9.17) is 0 Å². The molecule has 0 amide bonds. The molecule has 0 aliphatic heterocycles. The summed E-state index contributed by atoms with van der Waals surface area (Å²) in [6.07, 6.45) is 1.75. The highest BCUT2D eigenvalue weighted by molar-refractivity contribution is 5.75. The zero-order chi connectivity index (χ0) is 4.71. The van der Waals surface area contributed by atoms with Gasteiger partial charge in [0.25, 0.3) is 0 Å². The Kier molecular flexibility index (Phi) is 2030. The first-order valence-corrected chi connectivity index (χ1v) is 1.99. The van der Waals surface area contributed by atoms with Crippen molar-refractivity contribution in [3.8, 4) is 0 Å². The molecule has 0 atom stereocenters. The van der Waals surface area contributed by atoms with E-state index >= 15 is 0 Å². The van der Waals surface area contributed by atoms with E-state index in [9.17, 15) is 0 Å². The van der Waals surface area contributed by atoms with Crippen LogP contribution in [-0.2, 0) is 0 Å². The molecule has 0 aromatic heterocycles. The van der Waals surface area contributed by atoms with Crippen LogP contribution in [0.4, 0.5) is 0 Å². The van der Waals surface area contributed by atoms with Gasteiger partial charge in [-0.2, -0.15) is 0 Å². The predicted octanol–water partition coefficient (Wildman–Crippen LogP) is 3.11. The smallest absolute Gasteiger partial charge is 0 e. The van der Waals surface area contributed by atoms with Crippen molar-refractivity contribution in [3.05, 3.63) is 12.7 Å². The first-order valence-electron chi connectivity index (χ1n) is 1.99. The molecule has 0 saturated carbocycles. The molecule has 0 rings (SSSR count). The van der Waals surface area contributed by atoms with Crippen LogP contribution in [0.3, 0.4) is 0 Å². The third-order valence-electron chi connectivity index (χ3n) is 0. The first-order chi connectivity index (χ1) is 2.41. The standard InChI is InChI=1S/C3H6.C2H6.2CH4.B/c1-3-2;1-2;;;/h3H,1H2,2H3;1-2H3;2*1H4;. The van der Waals surface area contributed by atoms with Gasteiger partial charge < -0.3 is 0 Å². The van der Waals surface area contributed by atoms with Crippen molar-refractivity contribution in [2.24, 2.45) is 0 Å². The van der Waals surface area contributed by atoms with Gasteiger partial charge in [0.2, 0.25) is 0 Å². The molecule has 0 aromatic rings. The Morgan fingerprint density at radius 1 is 1.12 bits per heavy atom. The van der Waals surface area contributed by atoms with Gasteiger partial charge in [-0.25, -0.2) is 0 Å². The molecule has 0 nitrogen and oxygen atoms in total. The SMILES string of the molecule is C.C.C=CC.CC.[B]. The second-order valence-corrected chi connectivity index (χ2v) is 0.408. The maximum absolute atomic E-state index is 3.36. The van der Waals surface area contributed by atoms with E-state index in [1.165, 1.54) is 0 Å². The highest BCUT2D eigenvalue weighted by Gasteiger charge is 1.15. The Labute approximate surface area is 57.6 Å². The van der Waals surface area contributed by atoms with E-state index < -0.39 is 0 Å². The monoisotopic (exact) mass is 115 g/mol. The van der Waals surface area contributed by atoms with Crippen LogP contribution in [0, 0.1) is 0 Å². The Hall–Kier alpha value is -0.195. The van der Waals surface area contributed by atoms with Gasteiger partial charge in [0, 0.05) is 8.41 Å². The van der Waals surface area contributed by atoms with Crippen molar-refractivity contribution in [1.82, 2.24) is 0 Å².